The minimum absolute atomic E-state index is 0.109. The number of pyridine rings is 1. The van der Waals surface area contributed by atoms with Gasteiger partial charge in [-0.15, -0.1) is 11.3 Å². The predicted octanol–water partition coefficient (Wildman–Crippen LogP) is 1.60. The molecule has 2 aromatic heterocycles. The molecule has 5 nitrogen and oxygen atoms in total. The molecule has 0 spiro atoms. The lowest BCUT2D eigenvalue weighted by atomic mass is 10.00. The first-order valence-corrected chi connectivity index (χ1v) is 7.87. The van der Waals surface area contributed by atoms with Crippen LogP contribution in [0.2, 0.25) is 0 Å². The summed E-state index contributed by atoms with van der Waals surface area (Å²) in [5.41, 5.74) is 0.437. The molecule has 0 aromatic carbocycles. The molecule has 2 aliphatic rings. The van der Waals surface area contributed by atoms with Crippen molar-refractivity contribution in [1.29, 1.82) is 5.26 Å². The number of rotatable bonds is 2. The number of hydrogen-bond donors (Lipinski definition) is 1. The van der Waals surface area contributed by atoms with Crippen LogP contribution in [0, 0.1) is 17.2 Å². The summed E-state index contributed by atoms with van der Waals surface area (Å²) in [5, 5.41) is 12.9. The van der Waals surface area contributed by atoms with Gasteiger partial charge in [0.1, 0.15) is 16.6 Å². The highest BCUT2D eigenvalue weighted by molar-refractivity contribution is 7.19. The van der Waals surface area contributed by atoms with E-state index in [-0.39, 0.29) is 11.9 Å². The van der Waals surface area contributed by atoms with E-state index in [1.54, 1.807) is 18.3 Å². The molecule has 2 aromatic rings. The second kappa shape index (κ2) is 4.79. The van der Waals surface area contributed by atoms with Gasteiger partial charge < -0.3 is 10.2 Å². The fraction of sp³-hybridized carbons (Fsp3) is 0.400. The van der Waals surface area contributed by atoms with E-state index in [2.05, 4.69) is 21.3 Å². The van der Waals surface area contributed by atoms with Crippen LogP contribution in [0.15, 0.2) is 18.3 Å². The molecule has 1 amide bonds. The van der Waals surface area contributed by atoms with Crippen molar-refractivity contribution in [2.24, 2.45) is 5.92 Å². The first kappa shape index (κ1) is 12.7. The normalized spacial score (nSPS) is 26.9. The Labute approximate surface area is 126 Å². The van der Waals surface area contributed by atoms with Gasteiger partial charge in [0.05, 0.1) is 0 Å². The molecule has 2 bridgehead atoms. The standard InChI is InChI=1S/C15H14N4OS/c16-5-11-3-10-6-17-12(4-14(10)21-11)15(20)18-13-8-19-2-1-9(13)7-19/h3-4,6,9,13H,1-2,7-8H2,(H,18,20). The van der Waals surface area contributed by atoms with E-state index in [0.29, 0.717) is 16.5 Å². The van der Waals surface area contributed by atoms with Gasteiger partial charge in [0.25, 0.3) is 5.91 Å². The van der Waals surface area contributed by atoms with Gasteiger partial charge in [0.2, 0.25) is 0 Å². The molecule has 0 saturated carbocycles. The Morgan fingerprint density at radius 2 is 2.38 bits per heavy atom. The number of amides is 1. The molecule has 4 rings (SSSR count). The molecule has 3 atom stereocenters. The number of carbonyl (C=O) groups excluding carboxylic acids is 1. The minimum atomic E-state index is -0.109. The van der Waals surface area contributed by atoms with Crippen LogP contribution in [0.3, 0.4) is 0 Å². The van der Waals surface area contributed by atoms with Crippen molar-refractivity contribution in [1.82, 2.24) is 15.2 Å². The van der Waals surface area contributed by atoms with Gasteiger partial charge in [-0.1, -0.05) is 0 Å². The number of piperidine rings is 1. The Balaban J connectivity index is 1.55. The van der Waals surface area contributed by atoms with Crippen LogP contribution in [-0.2, 0) is 0 Å². The maximum atomic E-state index is 12.3. The molecular weight excluding hydrogens is 284 g/mol. The summed E-state index contributed by atoms with van der Waals surface area (Å²) >= 11 is 1.39. The lowest BCUT2D eigenvalue weighted by molar-refractivity contribution is 0.0919. The summed E-state index contributed by atoms with van der Waals surface area (Å²) in [7, 11) is 0. The fourth-order valence-corrected chi connectivity index (χ4v) is 4.17. The minimum Gasteiger partial charge on any atom is -0.346 e. The van der Waals surface area contributed by atoms with Gasteiger partial charge >= 0.3 is 0 Å². The Kier molecular flexibility index (Phi) is 2.91. The van der Waals surface area contributed by atoms with Crippen LogP contribution in [-0.4, -0.2) is 41.5 Å². The van der Waals surface area contributed by atoms with Crippen molar-refractivity contribution in [3.63, 3.8) is 0 Å². The van der Waals surface area contributed by atoms with Crippen LogP contribution in [0.4, 0.5) is 0 Å². The molecule has 3 unspecified atom stereocenters. The van der Waals surface area contributed by atoms with Crippen molar-refractivity contribution in [3.8, 4) is 6.07 Å². The highest BCUT2D eigenvalue weighted by Crippen LogP contribution is 2.28. The number of nitrogens with one attached hydrogen (secondary N) is 1. The van der Waals surface area contributed by atoms with E-state index in [0.717, 1.165) is 29.7 Å². The quantitative estimate of drug-likeness (QED) is 0.914. The zero-order valence-corrected chi connectivity index (χ0v) is 12.2. The van der Waals surface area contributed by atoms with Gasteiger partial charge in [-0.3, -0.25) is 9.78 Å². The third-order valence-electron chi connectivity index (χ3n) is 4.39. The van der Waals surface area contributed by atoms with Crippen LogP contribution >= 0.6 is 11.3 Å². The molecule has 2 aliphatic heterocycles. The van der Waals surface area contributed by atoms with E-state index in [4.69, 9.17) is 5.26 Å². The van der Waals surface area contributed by atoms with E-state index < -0.39 is 0 Å². The Hall–Kier alpha value is -1.97. The first-order valence-electron chi connectivity index (χ1n) is 7.06. The zero-order valence-electron chi connectivity index (χ0n) is 11.4. The van der Waals surface area contributed by atoms with Crippen molar-refractivity contribution in [2.45, 2.75) is 12.5 Å². The summed E-state index contributed by atoms with van der Waals surface area (Å²) in [4.78, 5) is 19.6. The van der Waals surface area contributed by atoms with Crippen molar-refractivity contribution in [2.75, 3.05) is 19.6 Å². The monoisotopic (exact) mass is 298 g/mol. The number of nitrogens with zero attached hydrogens (tertiary/aromatic N) is 3. The number of nitriles is 1. The molecule has 6 heteroatoms. The van der Waals surface area contributed by atoms with Gasteiger partial charge in [-0.25, -0.2) is 0 Å². The van der Waals surface area contributed by atoms with Gasteiger partial charge in [-0.05, 0) is 31.0 Å². The van der Waals surface area contributed by atoms with E-state index >= 15 is 0 Å². The molecule has 21 heavy (non-hydrogen) atoms. The number of hydrogen-bond acceptors (Lipinski definition) is 5. The lowest BCUT2D eigenvalue weighted by Crippen LogP contribution is -2.43. The largest absolute Gasteiger partial charge is 0.346 e. The maximum absolute atomic E-state index is 12.3. The Morgan fingerprint density at radius 1 is 1.48 bits per heavy atom. The number of thiophene rings is 1. The number of aromatic nitrogens is 1. The summed E-state index contributed by atoms with van der Waals surface area (Å²) in [6.07, 6.45) is 2.85. The summed E-state index contributed by atoms with van der Waals surface area (Å²) < 4.78 is 0.934. The Bertz CT molecular complexity index is 763. The topological polar surface area (TPSA) is 69.0 Å². The van der Waals surface area contributed by atoms with Gasteiger partial charge in [0.15, 0.2) is 0 Å². The predicted molar refractivity (Wildman–Crippen MR) is 80.1 cm³/mol. The third kappa shape index (κ3) is 2.19. The second-order valence-corrected chi connectivity index (χ2v) is 6.80. The van der Waals surface area contributed by atoms with E-state index in [1.165, 1.54) is 17.8 Å². The summed E-state index contributed by atoms with van der Waals surface area (Å²) in [5.74, 6) is 0.479. The molecule has 0 aliphatic carbocycles. The van der Waals surface area contributed by atoms with Crippen molar-refractivity contribution < 1.29 is 4.79 Å². The molecule has 0 radical (unpaired) electrons. The maximum Gasteiger partial charge on any atom is 0.270 e. The zero-order chi connectivity index (χ0) is 14.4. The van der Waals surface area contributed by atoms with Crippen LogP contribution in [0.25, 0.3) is 10.1 Å². The van der Waals surface area contributed by atoms with Crippen LogP contribution in [0.5, 0.6) is 0 Å². The van der Waals surface area contributed by atoms with Gasteiger partial charge in [0, 0.05) is 35.4 Å². The summed E-state index contributed by atoms with van der Waals surface area (Å²) in [6, 6.07) is 5.96. The highest BCUT2D eigenvalue weighted by Gasteiger charge is 2.38. The first-order chi connectivity index (χ1) is 10.2. The Morgan fingerprint density at radius 3 is 3.10 bits per heavy atom. The van der Waals surface area contributed by atoms with Crippen molar-refractivity contribution in [3.05, 3.63) is 28.9 Å². The smallest absolute Gasteiger partial charge is 0.270 e. The number of carbonyl (C=O) groups is 1. The number of fused-ring (bicyclic) bond motifs is 3. The molecule has 4 heterocycles. The molecule has 2 saturated heterocycles. The van der Waals surface area contributed by atoms with E-state index in [9.17, 15) is 4.79 Å². The lowest BCUT2D eigenvalue weighted by Gasteiger charge is -2.22. The fourth-order valence-electron chi connectivity index (χ4n) is 3.30. The molecule has 2 fully saturated rings. The second-order valence-electron chi connectivity index (χ2n) is 5.72. The van der Waals surface area contributed by atoms with Crippen molar-refractivity contribution >= 4 is 27.3 Å². The molecular formula is C15H14N4OS. The van der Waals surface area contributed by atoms with Gasteiger partial charge in [-0.2, -0.15) is 5.26 Å². The van der Waals surface area contributed by atoms with Crippen LogP contribution < -0.4 is 5.32 Å². The van der Waals surface area contributed by atoms with Crippen LogP contribution in [0.1, 0.15) is 21.8 Å². The third-order valence-corrected chi connectivity index (χ3v) is 5.40. The molecule has 106 valence electrons. The molecule has 1 N–H and O–H groups in total. The summed E-state index contributed by atoms with van der Waals surface area (Å²) in [6.45, 7) is 3.22. The average molecular weight is 298 g/mol. The average Bonchev–Trinajstić information content (AvgIpc) is 3.20. The highest BCUT2D eigenvalue weighted by atomic mass is 32.1. The van der Waals surface area contributed by atoms with E-state index in [1.807, 2.05) is 0 Å². The SMILES string of the molecule is N#Cc1cc2cnc(C(=O)NC3CN4CCC3C4)cc2s1.